The van der Waals surface area contributed by atoms with Crippen LogP contribution < -0.4 is 5.73 Å². The number of carbonyl (C=O) groups excluding carboxylic acids is 1. The minimum absolute atomic E-state index is 0.0342. The Labute approximate surface area is 88.1 Å². The lowest BCUT2D eigenvalue weighted by Crippen LogP contribution is -2.25. The van der Waals surface area contributed by atoms with Gasteiger partial charge in [-0.15, -0.1) is 0 Å². The van der Waals surface area contributed by atoms with Gasteiger partial charge in [-0.1, -0.05) is 0 Å². The second-order valence-electron chi connectivity index (χ2n) is 2.82. The monoisotopic (exact) mass is 225 g/mol. The smallest absolute Gasteiger partial charge is 0.214 e. The zero-order valence-electron chi connectivity index (χ0n) is 8.67. The molecule has 92 valence electrons. The Balaban J connectivity index is 0. The van der Waals surface area contributed by atoms with Crippen molar-refractivity contribution in [1.82, 2.24) is 0 Å². The second kappa shape index (κ2) is 11.3. The fourth-order valence-electron chi connectivity index (χ4n) is 0.446. The van der Waals surface area contributed by atoms with E-state index in [4.69, 9.17) is 25.2 Å². The third-order valence-corrected chi connectivity index (χ3v) is 1.04. The van der Waals surface area contributed by atoms with Crippen LogP contribution in [0.1, 0.15) is 6.92 Å². The molecule has 0 radical (unpaired) electrons. The molecule has 0 saturated carbocycles. The summed E-state index contributed by atoms with van der Waals surface area (Å²) in [6.07, 6.45) is -1.83. The van der Waals surface area contributed by atoms with Gasteiger partial charge in [0.15, 0.2) is 0 Å². The van der Waals surface area contributed by atoms with E-state index in [1.807, 2.05) is 0 Å². The number of aliphatic hydroxyl groups excluding tert-OH is 4. The molecule has 0 aromatic rings. The summed E-state index contributed by atoms with van der Waals surface area (Å²) < 4.78 is 4.72. The van der Waals surface area contributed by atoms with Crippen LogP contribution in [0.15, 0.2) is 0 Å². The Morgan fingerprint density at radius 1 is 1.20 bits per heavy atom. The highest BCUT2D eigenvalue weighted by atomic mass is 16.5. The van der Waals surface area contributed by atoms with E-state index in [0.29, 0.717) is 0 Å². The zero-order valence-corrected chi connectivity index (χ0v) is 8.67. The third-order valence-electron chi connectivity index (χ3n) is 1.04. The van der Waals surface area contributed by atoms with Crippen molar-refractivity contribution in [2.45, 2.75) is 19.1 Å². The first kappa shape index (κ1) is 16.7. The molecule has 0 spiro atoms. The summed E-state index contributed by atoms with van der Waals surface area (Å²) in [4.78, 5) is 9.22. The van der Waals surface area contributed by atoms with Crippen molar-refractivity contribution < 1.29 is 30.0 Å². The lowest BCUT2D eigenvalue weighted by molar-refractivity contribution is -0.115. The van der Waals surface area contributed by atoms with E-state index >= 15 is 0 Å². The summed E-state index contributed by atoms with van der Waals surface area (Å²) in [5.41, 5.74) is 4.47. The molecule has 0 saturated heterocycles. The molecule has 15 heavy (non-hydrogen) atoms. The first-order valence-corrected chi connectivity index (χ1v) is 4.35. The molecule has 0 aromatic heterocycles. The minimum Gasteiger partial charge on any atom is -0.394 e. The number of rotatable bonds is 6. The summed E-state index contributed by atoms with van der Waals surface area (Å²) in [6.45, 7) is 0.506. The van der Waals surface area contributed by atoms with E-state index in [1.165, 1.54) is 6.92 Å². The highest BCUT2D eigenvalue weighted by Gasteiger charge is 2.04. The fourth-order valence-corrected chi connectivity index (χ4v) is 0.446. The highest BCUT2D eigenvalue weighted by Crippen LogP contribution is 1.87. The molecule has 0 rings (SSSR count). The Morgan fingerprint density at radius 3 is 1.67 bits per heavy atom. The van der Waals surface area contributed by atoms with Crippen molar-refractivity contribution in [2.75, 3.05) is 26.4 Å². The van der Waals surface area contributed by atoms with Gasteiger partial charge in [0.1, 0.15) is 12.2 Å². The van der Waals surface area contributed by atoms with Crippen LogP contribution in [-0.2, 0) is 9.53 Å². The summed E-state index contributed by atoms with van der Waals surface area (Å²) in [5, 5.41) is 34.1. The summed E-state index contributed by atoms with van der Waals surface area (Å²) in [6, 6.07) is 0. The molecule has 0 aliphatic carbocycles. The van der Waals surface area contributed by atoms with Crippen LogP contribution in [0.4, 0.5) is 0 Å². The molecule has 1 amide bonds. The summed E-state index contributed by atoms with van der Waals surface area (Å²) in [5.74, 6) is -0.333. The van der Waals surface area contributed by atoms with E-state index in [1.54, 1.807) is 0 Å². The van der Waals surface area contributed by atoms with Gasteiger partial charge in [0, 0.05) is 6.92 Å². The first-order chi connectivity index (χ1) is 6.93. The average molecular weight is 225 g/mol. The molecule has 0 aliphatic rings. The van der Waals surface area contributed by atoms with E-state index in [2.05, 4.69) is 5.73 Å². The molecule has 7 nitrogen and oxygen atoms in total. The van der Waals surface area contributed by atoms with E-state index in [-0.39, 0.29) is 32.3 Å². The molecule has 0 aromatic carbocycles. The predicted octanol–water partition coefficient (Wildman–Crippen LogP) is -2.80. The van der Waals surface area contributed by atoms with Crippen LogP contribution in [0.25, 0.3) is 0 Å². The van der Waals surface area contributed by atoms with Crippen molar-refractivity contribution in [1.29, 1.82) is 0 Å². The number of hydrogen-bond acceptors (Lipinski definition) is 6. The summed E-state index contributed by atoms with van der Waals surface area (Å²) in [7, 11) is 0. The molecule has 0 fully saturated rings. The molecule has 6 N–H and O–H groups in total. The number of ether oxygens (including phenoxy) is 1. The number of primary amides is 1. The van der Waals surface area contributed by atoms with Crippen LogP contribution >= 0.6 is 0 Å². The maximum absolute atomic E-state index is 9.22. The summed E-state index contributed by atoms with van der Waals surface area (Å²) >= 11 is 0. The Kier molecular flexibility index (Phi) is 12.6. The number of amides is 1. The minimum atomic E-state index is -0.916. The second-order valence-corrected chi connectivity index (χ2v) is 2.82. The third kappa shape index (κ3) is 19.6. The van der Waals surface area contributed by atoms with Crippen molar-refractivity contribution >= 4 is 5.91 Å². The van der Waals surface area contributed by atoms with Crippen LogP contribution in [-0.4, -0.2) is 65.0 Å². The van der Waals surface area contributed by atoms with Crippen LogP contribution in [0, 0.1) is 0 Å². The molecular formula is C8H19NO6. The number of nitrogens with two attached hydrogens (primary N) is 1. The van der Waals surface area contributed by atoms with E-state index in [9.17, 15) is 4.79 Å². The van der Waals surface area contributed by atoms with Gasteiger partial charge in [-0.3, -0.25) is 4.79 Å². The quantitative estimate of drug-likeness (QED) is 0.331. The van der Waals surface area contributed by atoms with Gasteiger partial charge in [-0.25, -0.2) is 0 Å². The van der Waals surface area contributed by atoms with Gasteiger partial charge in [0.05, 0.1) is 26.4 Å². The van der Waals surface area contributed by atoms with Crippen molar-refractivity contribution in [2.24, 2.45) is 5.73 Å². The molecular weight excluding hydrogens is 206 g/mol. The molecule has 0 aliphatic heterocycles. The van der Waals surface area contributed by atoms with Gasteiger partial charge in [0.2, 0.25) is 5.91 Å². The number of carbonyl (C=O) groups is 1. The van der Waals surface area contributed by atoms with E-state index < -0.39 is 12.2 Å². The standard InChI is InChI=1S/C6H14O5.C2H5NO/c7-1-5(9)3-11-4-6(10)2-8;1-2(3)4/h5-10H,1-4H2;1H3,(H2,3,4). The maximum atomic E-state index is 9.22. The highest BCUT2D eigenvalue weighted by molar-refractivity contribution is 5.70. The normalized spacial score (nSPS) is 13.7. The van der Waals surface area contributed by atoms with Gasteiger partial charge in [0.25, 0.3) is 0 Å². The molecule has 2 atom stereocenters. The van der Waals surface area contributed by atoms with Gasteiger partial charge in [-0.05, 0) is 0 Å². The van der Waals surface area contributed by atoms with Crippen LogP contribution in [0.3, 0.4) is 0 Å². The molecule has 0 bridgehead atoms. The lowest BCUT2D eigenvalue weighted by atomic mass is 10.4. The lowest BCUT2D eigenvalue weighted by Gasteiger charge is -2.10. The maximum Gasteiger partial charge on any atom is 0.214 e. The Morgan fingerprint density at radius 2 is 1.47 bits per heavy atom. The molecule has 7 heteroatoms. The van der Waals surface area contributed by atoms with E-state index in [0.717, 1.165) is 0 Å². The van der Waals surface area contributed by atoms with Gasteiger partial charge < -0.3 is 30.9 Å². The fraction of sp³-hybridized carbons (Fsp3) is 0.875. The SMILES string of the molecule is CC(N)=O.OCC(O)COCC(O)CO. The first-order valence-electron chi connectivity index (χ1n) is 4.35. The number of hydrogen-bond donors (Lipinski definition) is 5. The number of aliphatic hydroxyl groups is 4. The van der Waals surface area contributed by atoms with Crippen LogP contribution in [0.5, 0.6) is 0 Å². The Hall–Kier alpha value is -0.730. The predicted molar refractivity (Wildman–Crippen MR) is 51.9 cm³/mol. The van der Waals surface area contributed by atoms with Crippen molar-refractivity contribution in [3.05, 3.63) is 0 Å². The van der Waals surface area contributed by atoms with Crippen molar-refractivity contribution in [3.8, 4) is 0 Å². The topological polar surface area (TPSA) is 133 Å². The van der Waals surface area contributed by atoms with Gasteiger partial charge in [-0.2, -0.15) is 0 Å². The molecule has 2 unspecified atom stereocenters. The zero-order chi connectivity index (χ0) is 12.3. The van der Waals surface area contributed by atoms with Crippen LogP contribution in [0.2, 0.25) is 0 Å². The average Bonchev–Trinajstić information content (AvgIpc) is 2.16. The Bertz CT molecular complexity index is 140. The molecule has 0 heterocycles. The van der Waals surface area contributed by atoms with Gasteiger partial charge >= 0.3 is 0 Å². The largest absolute Gasteiger partial charge is 0.394 e. The van der Waals surface area contributed by atoms with Crippen molar-refractivity contribution in [3.63, 3.8) is 0 Å².